The second-order valence-corrected chi connectivity index (χ2v) is 7.32. The Morgan fingerprint density at radius 2 is 1.81 bits per heavy atom. The molecule has 170 valence electrons. The molecule has 0 aliphatic carbocycles. The number of pyridine rings is 1. The Hall–Kier alpha value is -3.41. The number of hydrogen-bond acceptors (Lipinski definition) is 4. The van der Waals surface area contributed by atoms with Gasteiger partial charge >= 0.3 is 12.2 Å². The van der Waals surface area contributed by atoms with Gasteiger partial charge in [0, 0.05) is 56.4 Å². The molecule has 2 amide bonds. The quantitative estimate of drug-likeness (QED) is 0.573. The lowest BCUT2D eigenvalue weighted by Gasteiger charge is -2.32. The lowest BCUT2D eigenvalue weighted by molar-refractivity contribution is -0.136. The number of fused-ring (bicyclic) bond motifs is 1. The maximum atomic E-state index is 14.6. The van der Waals surface area contributed by atoms with Crippen LogP contribution in [0.1, 0.15) is 5.56 Å². The smallest absolute Gasteiger partial charge is 0.418 e. The van der Waals surface area contributed by atoms with Gasteiger partial charge in [-0.25, -0.2) is 18.6 Å². The molecule has 7 nitrogen and oxygen atoms in total. The van der Waals surface area contributed by atoms with Crippen molar-refractivity contribution in [1.82, 2.24) is 19.8 Å². The summed E-state index contributed by atoms with van der Waals surface area (Å²) in [5, 5.41) is 1.97. The number of carbonyl (C=O) groups is 1. The number of benzene rings is 1. The number of H-pyrrole nitrogens is 1. The standard InChI is InChI=1S/C20H18F5N5O2/c1-29-4-6-30(7-5-29)19(31)28-11-8-13(21)17(14(22)9-11)32-15-2-3-26-18-16(15)12(10-27-18)20(23,24)25/h2-3,8-10H,4-7H2,1H3,(H,26,27)(H,28,31). The summed E-state index contributed by atoms with van der Waals surface area (Å²) in [6, 6.07) is 2.25. The number of amides is 2. The number of anilines is 1. The number of rotatable bonds is 3. The number of halogens is 5. The highest BCUT2D eigenvalue weighted by Gasteiger charge is 2.35. The zero-order valence-corrected chi connectivity index (χ0v) is 16.8. The lowest BCUT2D eigenvalue weighted by atomic mass is 10.2. The van der Waals surface area contributed by atoms with Crippen LogP contribution in [0.3, 0.4) is 0 Å². The van der Waals surface area contributed by atoms with Crippen LogP contribution in [0.2, 0.25) is 0 Å². The average Bonchev–Trinajstić information content (AvgIpc) is 3.17. The van der Waals surface area contributed by atoms with E-state index in [1.807, 2.05) is 11.9 Å². The van der Waals surface area contributed by atoms with E-state index in [0.717, 1.165) is 24.4 Å². The third-order valence-electron chi connectivity index (χ3n) is 5.09. The Balaban J connectivity index is 1.59. The van der Waals surface area contributed by atoms with Crippen LogP contribution in [0.4, 0.5) is 32.4 Å². The number of urea groups is 1. The van der Waals surface area contributed by atoms with Crippen molar-refractivity contribution in [1.29, 1.82) is 0 Å². The molecule has 0 unspecified atom stereocenters. The van der Waals surface area contributed by atoms with E-state index in [-0.39, 0.29) is 11.3 Å². The van der Waals surface area contributed by atoms with Gasteiger partial charge in [-0.1, -0.05) is 0 Å². The molecule has 1 fully saturated rings. The van der Waals surface area contributed by atoms with Crippen LogP contribution in [-0.4, -0.2) is 59.0 Å². The van der Waals surface area contributed by atoms with E-state index in [0.29, 0.717) is 32.4 Å². The predicted molar refractivity (Wildman–Crippen MR) is 106 cm³/mol. The fourth-order valence-corrected chi connectivity index (χ4v) is 3.39. The second kappa shape index (κ2) is 8.26. The highest BCUT2D eigenvalue weighted by atomic mass is 19.4. The fourth-order valence-electron chi connectivity index (χ4n) is 3.39. The highest BCUT2D eigenvalue weighted by Crippen LogP contribution is 2.40. The normalized spacial score (nSPS) is 15.2. The van der Waals surface area contributed by atoms with Crippen molar-refractivity contribution in [2.45, 2.75) is 6.18 Å². The first-order chi connectivity index (χ1) is 15.1. The number of likely N-dealkylation sites (N-methyl/N-ethyl adjacent to an activating group) is 1. The largest absolute Gasteiger partial charge is 0.450 e. The van der Waals surface area contributed by atoms with Gasteiger partial charge < -0.3 is 24.8 Å². The van der Waals surface area contributed by atoms with E-state index in [1.165, 1.54) is 4.90 Å². The molecule has 0 spiro atoms. The number of nitrogens with one attached hydrogen (secondary N) is 2. The first-order valence-electron chi connectivity index (χ1n) is 9.58. The third kappa shape index (κ3) is 4.31. The Bertz CT molecular complexity index is 1130. The molecular weight excluding hydrogens is 437 g/mol. The number of nitrogens with zero attached hydrogens (tertiary/aromatic N) is 3. The number of aromatic nitrogens is 2. The molecule has 2 N–H and O–H groups in total. The Morgan fingerprint density at radius 3 is 2.44 bits per heavy atom. The van der Waals surface area contributed by atoms with Crippen molar-refractivity contribution in [3.05, 3.63) is 47.8 Å². The summed E-state index contributed by atoms with van der Waals surface area (Å²) in [5.74, 6) is -3.69. The van der Waals surface area contributed by atoms with Crippen LogP contribution in [0, 0.1) is 11.6 Å². The number of carbonyl (C=O) groups excluding carboxylic acids is 1. The van der Waals surface area contributed by atoms with Gasteiger partial charge in [-0.2, -0.15) is 13.2 Å². The second-order valence-electron chi connectivity index (χ2n) is 7.32. The van der Waals surface area contributed by atoms with Gasteiger partial charge in [0.05, 0.1) is 10.9 Å². The van der Waals surface area contributed by atoms with Crippen molar-refractivity contribution in [3.8, 4) is 11.5 Å². The molecule has 1 aliphatic heterocycles. The molecule has 0 bridgehead atoms. The van der Waals surface area contributed by atoms with Gasteiger partial charge in [0.15, 0.2) is 17.4 Å². The van der Waals surface area contributed by atoms with Crippen molar-refractivity contribution in [2.24, 2.45) is 0 Å². The molecule has 4 rings (SSSR count). The first-order valence-corrected chi connectivity index (χ1v) is 9.58. The maximum Gasteiger partial charge on any atom is 0.418 e. The molecule has 1 saturated heterocycles. The molecule has 32 heavy (non-hydrogen) atoms. The summed E-state index contributed by atoms with van der Waals surface area (Å²) in [4.78, 5) is 22.0. The number of piperazine rings is 1. The minimum absolute atomic E-state index is 0.145. The van der Waals surface area contributed by atoms with Gasteiger partial charge in [0.25, 0.3) is 0 Å². The van der Waals surface area contributed by atoms with Crippen LogP contribution in [-0.2, 0) is 6.18 Å². The molecule has 1 aromatic carbocycles. The predicted octanol–water partition coefficient (Wildman–Crippen LogP) is 4.43. The number of hydrogen-bond donors (Lipinski definition) is 2. The third-order valence-corrected chi connectivity index (χ3v) is 5.09. The molecule has 12 heteroatoms. The highest BCUT2D eigenvalue weighted by molar-refractivity contribution is 5.90. The Labute approximate surface area is 178 Å². The lowest BCUT2D eigenvalue weighted by Crippen LogP contribution is -2.48. The molecule has 3 heterocycles. The number of ether oxygens (including phenoxy) is 1. The molecule has 0 atom stereocenters. The van der Waals surface area contributed by atoms with Gasteiger partial charge in [0.2, 0.25) is 0 Å². The summed E-state index contributed by atoms with van der Waals surface area (Å²) in [7, 11) is 1.92. The van der Waals surface area contributed by atoms with Gasteiger partial charge in [0.1, 0.15) is 11.4 Å². The monoisotopic (exact) mass is 455 g/mol. The van der Waals surface area contributed by atoms with E-state index in [1.54, 1.807) is 0 Å². The minimum Gasteiger partial charge on any atom is -0.450 e. The molecule has 0 radical (unpaired) electrons. The van der Waals surface area contributed by atoms with Gasteiger partial charge in [-0.3, -0.25) is 0 Å². The summed E-state index contributed by atoms with van der Waals surface area (Å²) in [6.45, 7) is 2.26. The van der Waals surface area contributed by atoms with Crippen LogP contribution < -0.4 is 10.1 Å². The molecule has 0 saturated carbocycles. The van der Waals surface area contributed by atoms with Crippen LogP contribution in [0.5, 0.6) is 11.5 Å². The summed E-state index contributed by atoms with van der Waals surface area (Å²) < 4.78 is 74.3. The van der Waals surface area contributed by atoms with E-state index in [2.05, 4.69) is 15.3 Å². The SMILES string of the molecule is CN1CCN(C(=O)Nc2cc(F)c(Oc3ccnc4[nH]cc(C(F)(F)F)c34)c(F)c2)CC1. The van der Waals surface area contributed by atoms with Crippen molar-refractivity contribution >= 4 is 22.8 Å². The molecule has 3 aromatic rings. The van der Waals surface area contributed by atoms with Crippen LogP contribution in [0.15, 0.2) is 30.6 Å². The van der Waals surface area contributed by atoms with E-state index in [4.69, 9.17) is 4.74 Å². The number of aromatic amines is 1. The number of alkyl halides is 3. The molecule has 2 aromatic heterocycles. The van der Waals surface area contributed by atoms with Crippen LogP contribution in [0.25, 0.3) is 11.0 Å². The first kappa shape index (κ1) is 21.8. The summed E-state index contributed by atoms with van der Waals surface area (Å²) in [5.41, 5.74) is -1.37. The molecular formula is C20H18F5N5O2. The summed E-state index contributed by atoms with van der Waals surface area (Å²) >= 11 is 0. The minimum atomic E-state index is -4.73. The van der Waals surface area contributed by atoms with Gasteiger partial charge in [-0.05, 0) is 13.1 Å². The zero-order chi connectivity index (χ0) is 23.0. The zero-order valence-electron chi connectivity index (χ0n) is 16.8. The van der Waals surface area contributed by atoms with Crippen molar-refractivity contribution in [3.63, 3.8) is 0 Å². The van der Waals surface area contributed by atoms with Gasteiger partial charge in [-0.15, -0.1) is 0 Å². The summed E-state index contributed by atoms with van der Waals surface area (Å²) in [6.07, 6.45) is -2.88. The topological polar surface area (TPSA) is 73.5 Å². The van der Waals surface area contributed by atoms with E-state index < -0.39 is 46.3 Å². The maximum absolute atomic E-state index is 14.6. The van der Waals surface area contributed by atoms with E-state index in [9.17, 15) is 26.7 Å². The van der Waals surface area contributed by atoms with Crippen molar-refractivity contribution < 1.29 is 31.5 Å². The average molecular weight is 455 g/mol. The fraction of sp³-hybridized carbons (Fsp3) is 0.300. The van der Waals surface area contributed by atoms with E-state index >= 15 is 0 Å². The molecule has 1 aliphatic rings. The Kier molecular flexibility index (Phi) is 5.63. The Morgan fingerprint density at radius 1 is 1.16 bits per heavy atom. The van der Waals surface area contributed by atoms with Crippen LogP contribution >= 0.6 is 0 Å². The van der Waals surface area contributed by atoms with Crippen molar-refractivity contribution in [2.75, 3.05) is 38.5 Å².